The fourth-order valence-electron chi connectivity index (χ4n) is 1.74. The summed E-state index contributed by atoms with van der Waals surface area (Å²) in [6.07, 6.45) is 0.130. The molecule has 1 aromatic carbocycles. The van der Waals surface area contributed by atoms with Crippen LogP contribution in [0.4, 0.5) is 4.39 Å². The highest BCUT2D eigenvalue weighted by Gasteiger charge is 2.38. The molecule has 0 saturated heterocycles. The molecule has 0 N–H and O–H groups in total. The van der Waals surface area contributed by atoms with E-state index < -0.39 is 6.17 Å². The van der Waals surface area contributed by atoms with Crippen LogP contribution in [0, 0.1) is 0 Å². The third kappa shape index (κ3) is 1.82. The second-order valence-electron chi connectivity index (χ2n) is 5.23. The number of hydrogen-bond donors (Lipinski definition) is 0. The summed E-state index contributed by atoms with van der Waals surface area (Å²) in [6.45, 7) is 6.57. The van der Waals surface area contributed by atoms with E-state index in [0.29, 0.717) is 0 Å². The quantitative estimate of drug-likeness (QED) is 0.634. The van der Waals surface area contributed by atoms with Crippen LogP contribution in [0.5, 0.6) is 0 Å². The number of halogens is 1. The molecule has 0 heterocycles. The number of alkyl halides is 1. The third-order valence-electron chi connectivity index (χ3n) is 2.92. The van der Waals surface area contributed by atoms with E-state index in [1.807, 2.05) is 0 Å². The minimum atomic E-state index is -0.588. The molecule has 14 heavy (non-hydrogen) atoms. The molecule has 0 radical (unpaired) electrons. The fourth-order valence-corrected chi connectivity index (χ4v) is 1.74. The van der Waals surface area contributed by atoms with E-state index in [-0.39, 0.29) is 11.3 Å². The SMILES string of the molecule is CC(C)(C)c1ccc(C2CC2F)cc1. The van der Waals surface area contributed by atoms with Gasteiger partial charge in [-0.1, -0.05) is 45.0 Å². The van der Waals surface area contributed by atoms with Crippen LogP contribution in [-0.4, -0.2) is 6.17 Å². The highest BCUT2D eigenvalue weighted by atomic mass is 19.1. The van der Waals surface area contributed by atoms with Gasteiger partial charge in [-0.15, -0.1) is 0 Å². The Morgan fingerprint density at radius 3 is 2.00 bits per heavy atom. The van der Waals surface area contributed by atoms with Crippen molar-refractivity contribution in [1.29, 1.82) is 0 Å². The lowest BCUT2D eigenvalue weighted by atomic mass is 9.86. The van der Waals surface area contributed by atoms with Gasteiger partial charge in [0.25, 0.3) is 0 Å². The van der Waals surface area contributed by atoms with Gasteiger partial charge < -0.3 is 0 Å². The van der Waals surface area contributed by atoms with Crippen LogP contribution >= 0.6 is 0 Å². The van der Waals surface area contributed by atoms with Gasteiger partial charge in [0.05, 0.1) is 0 Å². The van der Waals surface area contributed by atoms with Crippen LogP contribution < -0.4 is 0 Å². The smallest absolute Gasteiger partial charge is 0.108 e. The second kappa shape index (κ2) is 3.08. The molecule has 0 amide bonds. The number of hydrogen-bond acceptors (Lipinski definition) is 0. The van der Waals surface area contributed by atoms with Crippen LogP contribution in [0.2, 0.25) is 0 Å². The van der Waals surface area contributed by atoms with Crippen molar-refractivity contribution >= 4 is 0 Å². The maximum atomic E-state index is 12.8. The summed E-state index contributed by atoms with van der Waals surface area (Å²) < 4.78 is 12.8. The maximum absolute atomic E-state index is 12.8. The van der Waals surface area contributed by atoms with Crippen molar-refractivity contribution in [2.75, 3.05) is 0 Å². The molecule has 1 aliphatic carbocycles. The summed E-state index contributed by atoms with van der Waals surface area (Å²) >= 11 is 0. The highest BCUT2D eigenvalue weighted by Crippen LogP contribution is 2.43. The zero-order valence-electron chi connectivity index (χ0n) is 9.05. The molecule has 0 aromatic heterocycles. The lowest BCUT2D eigenvalue weighted by Crippen LogP contribution is -2.10. The Balaban J connectivity index is 2.18. The molecule has 1 heteroatoms. The van der Waals surface area contributed by atoms with Crippen LogP contribution in [-0.2, 0) is 5.41 Å². The predicted octanol–water partition coefficient (Wildman–Crippen LogP) is 3.81. The molecule has 0 aliphatic heterocycles. The van der Waals surface area contributed by atoms with Crippen LogP contribution in [0.3, 0.4) is 0 Å². The zero-order valence-corrected chi connectivity index (χ0v) is 9.05. The standard InChI is InChI=1S/C13H17F/c1-13(2,3)10-6-4-9(5-7-10)11-8-12(11)14/h4-7,11-12H,8H2,1-3H3. The van der Waals surface area contributed by atoms with Crippen LogP contribution in [0.25, 0.3) is 0 Å². The molecule has 1 fully saturated rings. The summed E-state index contributed by atoms with van der Waals surface area (Å²) in [4.78, 5) is 0. The molecule has 0 spiro atoms. The molecule has 1 aliphatic rings. The minimum absolute atomic E-state index is 0.184. The van der Waals surface area contributed by atoms with Gasteiger partial charge in [-0.05, 0) is 23.0 Å². The van der Waals surface area contributed by atoms with Gasteiger partial charge in [-0.3, -0.25) is 0 Å². The molecule has 2 unspecified atom stereocenters. The number of benzene rings is 1. The molecular weight excluding hydrogens is 175 g/mol. The molecule has 1 saturated carbocycles. The summed E-state index contributed by atoms with van der Waals surface area (Å²) in [5.41, 5.74) is 2.67. The van der Waals surface area contributed by atoms with E-state index in [1.54, 1.807) is 0 Å². The van der Waals surface area contributed by atoms with Crippen LogP contribution in [0.1, 0.15) is 44.2 Å². The van der Waals surface area contributed by atoms with Crippen LogP contribution in [0.15, 0.2) is 24.3 Å². The second-order valence-corrected chi connectivity index (χ2v) is 5.23. The van der Waals surface area contributed by atoms with Crippen molar-refractivity contribution in [2.24, 2.45) is 0 Å². The summed E-state index contributed by atoms with van der Waals surface area (Å²) in [7, 11) is 0. The first-order valence-corrected chi connectivity index (χ1v) is 5.23. The molecule has 2 atom stereocenters. The molecule has 1 aromatic rings. The Kier molecular flexibility index (Phi) is 2.13. The summed E-state index contributed by atoms with van der Waals surface area (Å²) in [5.74, 6) is 0.184. The Morgan fingerprint density at radius 2 is 1.64 bits per heavy atom. The van der Waals surface area contributed by atoms with Gasteiger partial charge in [-0.2, -0.15) is 0 Å². The number of rotatable bonds is 1. The summed E-state index contributed by atoms with van der Waals surface area (Å²) in [6, 6.07) is 8.40. The van der Waals surface area contributed by atoms with Gasteiger partial charge in [0.2, 0.25) is 0 Å². The van der Waals surface area contributed by atoms with E-state index in [1.165, 1.54) is 5.56 Å². The van der Waals surface area contributed by atoms with E-state index in [2.05, 4.69) is 45.0 Å². The molecule has 2 rings (SSSR count). The molecule has 0 nitrogen and oxygen atoms in total. The van der Waals surface area contributed by atoms with Gasteiger partial charge >= 0.3 is 0 Å². The maximum Gasteiger partial charge on any atom is 0.108 e. The Hall–Kier alpha value is -0.850. The lowest BCUT2D eigenvalue weighted by molar-refractivity contribution is 0.468. The Morgan fingerprint density at radius 1 is 1.14 bits per heavy atom. The van der Waals surface area contributed by atoms with Crippen molar-refractivity contribution in [3.8, 4) is 0 Å². The Bertz CT molecular complexity index is 318. The van der Waals surface area contributed by atoms with E-state index in [0.717, 1.165) is 12.0 Å². The van der Waals surface area contributed by atoms with Crippen molar-refractivity contribution in [1.82, 2.24) is 0 Å². The van der Waals surface area contributed by atoms with Crippen molar-refractivity contribution in [2.45, 2.75) is 44.7 Å². The van der Waals surface area contributed by atoms with Crippen molar-refractivity contribution in [3.05, 3.63) is 35.4 Å². The van der Waals surface area contributed by atoms with Crippen molar-refractivity contribution in [3.63, 3.8) is 0 Å². The highest BCUT2D eigenvalue weighted by molar-refractivity contribution is 5.32. The van der Waals surface area contributed by atoms with E-state index in [9.17, 15) is 4.39 Å². The normalized spacial score (nSPS) is 26.3. The average Bonchev–Trinajstić information content (AvgIpc) is 2.81. The average molecular weight is 192 g/mol. The molecule has 0 bridgehead atoms. The first-order valence-electron chi connectivity index (χ1n) is 5.23. The van der Waals surface area contributed by atoms with Gasteiger partial charge in [-0.25, -0.2) is 4.39 Å². The minimum Gasteiger partial charge on any atom is -0.247 e. The Labute approximate surface area is 85.1 Å². The largest absolute Gasteiger partial charge is 0.247 e. The summed E-state index contributed by atoms with van der Waals surface area (Å²) in [5, 5.41) is 0. The monoisotopic (exact) mass is 192 g/mol. The van der Waals surface area contributed by atoms with Crippen molar-refractivity contribution < 1.29 is 4.39 Å². The fraction of sp³-hybridized carbons (Fsp3) is 0.538. The zero-order chi connectivity index (χ0) is 10.3. The first-order chi connectivity index (χ1) is 6.48. The topological polar surface area (TPSA) is 0 Å². The molecule has 76 valence electrons. The van der Waals surface area contributed by atoms with Gasteiger partial charge in [0.1, 0.15) is 6.17 Å². The first kappa shape index (κ1) is 9.70. The van der Waals surface area contributed by atoms with E-state index >= 15 is 0 Å². The van der Waals surface area contributed by atoms with E-state index in [4.69, 9.17) is 0 Å². The predicted molar refractivity (Wildman–Crippen MR) is 57.4 cm³/mol. The molecular formula is C13H17F. The van der Waals surface area contributed by atoms with Gasteiger partial charge in [0, 0.05) is 5.92 Å². The van der Waals surface area contributed by atoms with Gasteiger partial charge in [0.15, 0.2) is 0 Å². The third-order valence-corrected chi connectivity index (χ3v) is 2.92. The lowest BCUT2D eigenvalue weighted by Gasteiger charge is -2.19.